The summed E-state index contributed by atoms with van der Waals surface area (Å²) >= 11 is 0. The summed E-state index contributed by atoms with van der Waals surface area (Å²) in [5.41, 5.74) is 0. The van der Waals surface area contributed by atoms with E-state index >= 15 is 0 Å². The Kier molecular flexibility index (Phi) is 25.7. The molecule has 0 bridgehead atoms. The SMILES string of the molecule is CCN(C#N)CC.N#N.[Mo].c1ccc([PH+](CC[PH+](c2ccccc2)c2ccccc2)c2ccccc2)cc1.c1ccc([PH+](CC[PH+](c2ccccc2)c2ccccc2)c2ccccc2)cc1. The molecule has 0 aliphatic carbocycles. The molecule has 0 saturated heterocycles. The van der Waals surface area contributed by atoms with Gasteiger partial charge < -0.3 is 4.90 Å². The third-order valence-electron chi connectivity index (χ3n) is 11.1. The second kappa shape index (κ2) is 31.7. The van der Waals surface area contributed by atoms with E-state index in [1.54, 1.807) is 4.90 Å². The van der Waals surface area contributed by atoms with Crippen molar-refractivity contribution in [2.24, 2.45) is 0 Å². The van der Waals surface area contributed by atoms with E-state index in [1.165, 1.54) is 67.1 Å². The molecule has 8 aromatic carbocycles. The number of rotatable bonds is 16. The van der Waals surface area contributed by atoms with Crippen LogP contribution in [0.25, 0.3) is 0 Å². The molecule has 0 unspecified atom stereocenters. The zero-order valence-corrected chi connectivity index (χ0v) is 44.0. The van der Waals surface area contributed by atoms with Crippen molar-refractivity contribution in [3.05, 3.63) is 243 Å². The molecule has 0 fully saturated rings. The first-order valence-corrected chi connectivity index (χ1v) is 29.2. The van der Waals surface area contributed by atoms with E-state index in [-0.39, 0.29) is 21.1 Å². The van der Waals surface area contributed by atoms with Gasteiger partial charge in [-0.1, -0.05) is 146 Å². The Labute approximate surface area is 413 Å². The van der Waals surface area contributed by atoms with Gasteiger partial charge in [0.05, 0.1) is 74.1 Å². The Hall–Kier alpha value is -5.12. The minimum absolute atomic E-state index is 0. The Morgan fingerprint density at radius 3 is 0.530 bits per heavy atom. The van der Waals surface area contributed by atoms with Crippen LogP contribution in [-0.2, 0) is 21.1 Å². The molecule has 0 amide bonds. The largest absolute Gasteiger partial charge is 0.311 e. The maximum absolute atomic E-state index is 8.20. The predicted molar refractivity (Wildman–Crippen MR) is 293 cm³/mol. The third kappa shape index (κ3) is 17.3. The van der Waals surface area contributed by atoms with Gasteiger partial charge in [-0.2, -0.15) is 5.26 Å². The Morgan fingerprint density at radius 1 is 0.303 bits per heavy atom. The molecule has 0 saturated carbocycles. The first kappa shape index (κ1) is 53.5. The van der Waals surface area contributed by atoms with Gasteiger partial charge >= 0.3 is 0 Å². The van der Waals surface area contributed by atoms with Gasteiger partial charge in [-0.05, 0) is 111 Å². The zero-order valence-electron chi connectivity index (χ0n) is 38.0. The summed E-state index contributed by atoms with van der Waals surface area (Å²) in [6.07, 6.45) is 7.08. The van der Waals surface area contributed by atoms with Crippen molar-refractivity contribution in [2.45, 2.75) is 13.8 Å². The van der Waals surface area contributed by atoms with E-state index < -0.39 is 31.7 Å². The number of nitrogens with zero attached hydrogens (tertiary/aromatic N) is 4. The van der Waals surface area contributed by atoms with Crippen LogP contribution in [0.5, 0.6) is 0 Å². The topological polar surface area (TPSA) is 74.6 Å². The molecule has 4 nitrogen and oxygen atoms in total. The van der Waals surface area contributed by atoms with Crippen LogP contribution in [0.3, 0.4) is 0 Å². The monoisotopic (exact) mass is 1020 g/mol. The standard InChI is InChI=1S/2C26H24P2.C5H10N2.Mo.N2/c2*1-5-13-23(14-6-1)27(24-15-7-2-8-16-24)21-22-28(25-17-9-3-10-18-25)26-19-11-4-12-20-26;1-3-7(4-2)5-6;;1-2/h2*1-20H,21-22H2;3-4H2,1-2H3;;/p+4. The van der Waals surface area contributed by atoms with Crippen LogP contribution in [-0.4, -0.2) is 42.6 Å². The van der Waals surface area contributed by atoms with Crippen LogP contribution in [0.15, 0.2) is 243 Å². The van der Waals surface area contributed by atoms with E-state index in [0.717, 1.165) is 13.1 Å². The second-order valence-corrected chi connectivity index (χ2v) is 25.6. The molecular weight excluding hydrogens is 960 g/mol. The van der Waals surface area contributed by atoms with Crippen LogP contribution in [0.1, 0.15) is 13.8 Å². The van der Waals surface area contributed by atoms with Crippen molar-refractivity contribution in [1.29, 1.82) is 16.0 Å². The fraction of sp³-hybridized carbons (Fsp3) is 0.140. The van der Waals surface area contributed by atoms with Gasteiger partial charge in [-0.3, -0.25) is 0 Å². The van der Waals surface area contributed by atoms with E-state index in [2.05, 4.69) is 243 Å². The van der Waals surface area contributed by atoms with Gasteiger partial charge in [0.15, 0.2) is 6.19 Å². The summed E-state index contributed by atoms with van der Waals surface area (Å²) in [5.74, 6) is 0. The normalized spacial score (nSPS) is 10.2. The van der Waals surface area contributed by atoms with Crippen LogP contribution in [0.4, 0.5) is 0 Å². The smallest absolute Gasteiger partial charge is 0.179 e. The summed E-state index contributed by atoms with van der Waals surface area (Å²) in [6.45, 7) is 5.58. The van der Waals surface area contributed by atoms with Gasteiger partial charge in [-0.15, -0.1) is 0 Å². The average molecular weight is 1020 g/mol. The van der Waals surface area contributed by atoms with Crippen molar-refractivity contribution in [1.82, 2.24) is 4.90 Å². The summed E-state index contributed by atoms with van der Waals surface area (Å²) in [7, 11) is -3.13. The zero-order chi connectivity index (χ0) is 45.7. The minimum Gasteiger partial charge on any atom is -0.311 e. The molecule has 8 aromatic rings. The van der Waals surface area contributed by atoms with Crippen LogP contribution >= 0.6 is 31.7 Å². The van der Waals surface area contributed by atoms with E-state index in [0.29, 0.717) is 0 Å². The summed E-state index contributed by atoms with van der Waals surface area (Å²) in [6, 6.07) is 89.0. The van der Waals surface area contributed by atoms with E-state index in [4.69, 9.17) is 16.0 Å². The van der Waals surface area contributed by atoms with Crippen LogP contribution in [0, 0.1) is 22.2 Å². The summed E-state index contributed by atoms with van der Waals surface area (Å²) in [4.78, 5) is 1.68. The van der Waals surface area contributed by atoms with Crippen molar-refractivity contribution in [3.63, 3.8) is 0 Å². The molecule has 0 atom stereocenters. The first-order chi connectivity index (χ1) is 32.2. The molecule has 0 heterocycles. The Bertz CT molecular complexity index is 2010. The first-order valence-electron chi connectivity index (χ1n) is 22.4. The molecule has 0 aromatic heterocycles. The quantitative estimate of drug-likeness (QED) is 0.0318. The maximum Gasteiger partial charge on any atom is 0.179 e. The molecule has 0 aliphatic heterocycles. The number of benzene rings is 8. The molecule has 0 N–H and O–H groups in total. The van der Waals surface area contributed by atoms with Crippen molar-refractivity contribution >= 4 is 74.1 Å². The Morgan fingerprint density at radius 2 is 0.439 bits per heavy atom. The van der Waals surface area contributed by atoms with Gasteiger partial charge in [0.1, 0.15) is 24.6 Å². The molecule has 9 heteroatoms. The van der Waals surface area contributed by atoms with Gasteiger partial charge in [0.25, 0.3) is 0 Å². The van der Waals surface area contributed by atoms with Crippen LogP contribution in [0.2, 0.25) is 0 Å². The molecule has 0 aliphatic rings. The van der Waals surface area contributed by atoms with Crippen LogP contribution < -0.4 is 42.4 Å². The second-order valence-electron chi connectivity index (χ2n) is 15.1. The summed E-state index contributed by atoms with van der Waals surface area (Å²) in [5, 5.41) is 32.3. The minimum atomic E-state index is -0.783. The molecule has 0 spiro atoms. The number of nitriles is 1. The molecular formula is C57H62MoN4P4+4. The van der Waals surface area contributed by atoms with Gasteiger partial charge in [0.2, 0.25) is 0 Å². The predicted octanol–water partition coefficient (Wildman–Crippen LogP) is 10.3. The Balaban J connectivity index is 0.000000241. The van der Waals surface area contributed by atoms with Gasteiger partial charge in [-0.25, -0.2) is 0 Å². The fourth-order valence-corrected chi connectivity index (χ4v) is 20.2. The number of hydrogen-bond acceptors (Lipinski definition) is 4. The molecule has 0 radical (unpaired) electrons. The fourth-order valence-electron chi connectivity index (χ4n) is 7.80. The van der Waals surface area contributed by atoms with E-state index in [1.807, 2.05) is 20.0 Å². The molecule has 332 valence electrons. The average Bonchev–Trinajstić information content (AvgIpc) is 3.40. The van der Waals surface area contributed by atoms with Gasteiger partial charge in [0, 0.05) is 44.9 Å². The van der Waals surface area contributed by atoms with Crippen molar-refractivity contribution in [2.75, 3.05) is 37.7 Å². The summed E-state index contributed by atoms with van der Waals surface area (Å²) < 4.78 is 0. The van der Waals surface area contributed by atoms with E-state index in [9.17, 15) is 0 Å². The number of hydrogen-bond donors (Lipinski definition) is 0. The molecule has 66 heavy (non-hydrogen) atoms. The van der Waals surface area contributed by atoms with Crippen molar-refractivity contribution in [3.8, 4) is 6.19 Å². The molecule has 8 rings (SSSR count). The third-order valence-corrected chi connectivity index (χ3v) is 23.4. The maximum atomic E-state index is 8.20. The van der Waals surface area contributed by atoms with Crippen molar-refractivity contribution < 1.29 is 21.1 Å².